The van der Waals surface area contributed by atoms with Crippen LogP contribution in [0.4, 0.5) is 33.6 Å². The molecule has 0 bridgehead atoms. The van der Waals surface area contributed by atoms with Crippen molar-refractivity contribution in [1.29, 1.82) is 0 Å². The van der Waals surface area contributed by atoms with E-state index in [4.69, 9.17) is 25.8 Å². The van der Waals surface area contributed by atoms with Crippen molar-refractivity contribution in [2.75, 3.05) is 29.8 Å². The number of nitrogens with zero attached hydrogens (tertiary/aromatic N) is 2. The van der Waals surface area contributed by atoms with Crippen molar-refractivity contribution >= 4 is 52.4 Å². The number of rotatable bonds is 5. The number of benzene rings is 2. The van der Waals surface area contributed by atoms with Gasteiger partial charge < -0.3 is 35.5 Å². The zero-order chi connectivity index (χ0) is 24.4. The summed E-state index contributed by atoms with van der Waals surface area (Å²) in [5.41, 5.74) is 2.85. The maximum atomic E-state index is 11.9. The molecule has 1 aromatic heterocycles. The summed E-state index contributed by atoms with van der Waals surface area (Å²) in [5, 5.41) is 11.8. The van der Waals surface area contributed by atoms with E-state index in [1.54, 1.807) is 12.1 Å². The molecule has 2 aliphatic rings. The summed E-state index contributed by atoms with van der Waals surface area (Å²) in [6.45, 7) is 0.0205. The first-order chi connectivity index (χ1) is 17.0. The lowest BCUT2D eigenvalue weighted by Gasteiger charge is -2.15. The molecule has 4 N–H and O–H groups in total. The van der Waals surface area contributed by atoms with E-state index in [0.29, 0.717) is 29.3 Å². The Morgan fingerprint density at radius 1 is 1.17 bits per heavy atom. The highest BCUT2D eigenvalue weighted by molar-refractivity contribution is 6.33. The van der Waals surface area contributed by atoms with Gasteiger partial charge in [0.1, 0.15) is 10.7 Å². The molecule has 0 atom stereocenters. The van der Waals surface area contributed by atoms with Crippen molar-refractivity contribution in [2.24, 2.45) is 0 Å². The molecule has 0 aliphatic carbocycles. The van der Waals surface area contributed by atoms with Crippen LogP contribution in [-0.2, 0) is 11.2 Å². The molecule has 2 aromatic carbocycles. The average molecular weight is 497 g/mol. The molecule has 2 amide bonds. The number of hydrogen-bond acceptors (Lipinski definition) is 9. The van der Waals surface area contributed by atoms with E-state index in [1.165, 1.54) is 13.2 Å². The number of aromatic nitrogens is 2. The minimum Gasteiger partial charge on any atom is -0.454 e. The summed E-state index contributed by atoms with van der Waals surface area (Å²) in [7, 11) is 1.45. The van der Waals surface area contributed by atoms with Gasteiger partial charge in [-0.25, -0.2) is 9.78 Å². The molecule has 0 radical (unpaired) electrons. The van der Waals surface area contributed by atoms with Gasteiger partial charge in [0.15, 0.2) is 23.1 Å². The van der Waals surface area contributed by atoms with Crippen molar-refractivity contribution < 1.29 is 23.8 Å². The van der Waals surface area contributed by atoms with Gasteiger partial charge in [0.2, 0.25) is 18.6 Å². The van der Waals surface area contributed by atoms with Crippen LogP contribution in [0.25, 0.3) is 0 Å². The fourth-order valence-electron chi connectivity index (χ4n) is 3.71. The summed E-state index contributed by atoms with van der Waals surface area (Å²) in [6, 6.07) is 8.91. The largest absolute Gasteiger partial charge is 0.454 e. The molecule has 180 valence electrons. The maximum absolute atomic E-state index is 11.9. The third-order valence-electron chi connectivity index (χ3n) is 5.39. The highest BCUT2D eigenvalue weighted by Crippen LogP contribution is 2.46. The first-order valence-corrected chi connectivity index (χ1v) is 11.2. The van der Waals surface area contributed by atoms with E-state index >= 15 is 0 Å². The number of halogens is 1. The van der Waals surface area contributed by atoms with Gasteiger partial charge in [0.05, 0.1) is 6.20 Å². The van der Waals surface area contributed by atoms with E-state index in [2.05, 4.69) is 31.2 Å². The molecule has 0 fully saturated rings. The molecule has 3 aromatic rings. The second-order valence-electron chi connectivity index (χ2n) is 7.73. The van der Waals surface area contributed by atoms with Crippen molar-refractivity contribution in [3.8, 4) is 17.2 Å². The number of ether oxygens (including phenoxy) is 3. The molecule has 3 heterocycles. The highest BCUT2D eigenvalue weighted by atomic mass is 35.5. The van der Waals surface area contributed by atoms with Crippen LogP contribution in [-0.4, -0.2) is 35.8 Å². The molecular formula is C23H21ClN6O5. The Balaban J connectivity index is 1.43. The predicted octanol–water partition coefficient (Wildman–Crippen LogP) is 4.34. The number of carbonyl (C=O) groups excluding carboxylic acids is 2. The molecule has 0 saturated heterocycles. The minimum absolute atomic E-state index is 0.00787. The van der Waals surface area contributed by atoms with Crippen LogP contribution in [0.1, 0.15) is 18.4 Å². The van der Waals surface area contributed by atoms with E-state index in [1.807, 2.05) is 18.2 Å². The second-order valence-corrected chi connectivity index (χ2v) is 8.13. The van der Waals surface area contributed by atoms with E-state index in [-0.39, 0.29) is 35.2 Å². The van der Waals surface area contributed by atoms with Crippen LogP contribution >= 0.6 is 11.6 Å². The summed E-state index contributed by atoms with van der Waals surface area (Å²) in [4.78, 5) is 32.5. The lowest BCUT2D eigenvalue weighted by molar-refractivity contribution is -0.116. The monoisotopic (exact) mass is 496 g/mol. The number of nitrogens with one attached hydrogen (secondary N) is 4. The number of hydrogen-bond donors (Lipinski definition) is 4. The first kappa shape index (κ1) is 22.5. The van der Waals surface area contributed by atoms with Gasteiger partial charge in [-0.1, -0.05) is 17.7 Å². The summed E-state index contributed by atoms with van der Waals surface area (Å²) in [6.07, 6.45) is 2.91. The van der Waals surface area contributed by atoms with Crippen molar-refractivity contribution in [1.82, 2.24) is 15.3 Å². The Morgan fingerprint density at radius 3 is 2.91 bits per heavy atom. The fourth-order valence-corrected chi connectivity index (χ4v) is 3.85. The lowest BCUT2D eigenvalue weighted by Crippen LogP contribution is -2.22. The molecule has 0 unspecified atom stereocenters. The molecular weight excluding hydrogens is 476 g/mol. The quantitative estimate of drug-likeness (QED) is 0.406. The number of aryl methyl sites for hydroxylation is 1. The van der Waals surface area contributed by atoms with Gasteiger partial charge in [-0.05, 0) is 42.7 Å². The second kappa shape index (κ2) is 9.55. The molecule has 12 heteroatoms. The predicted molar refractivity (Wildman–Crippen MR) is 129 cm³/mol. The third kappa shape index (κ3) is 4.85. The molecule has 2 aliphatic heterocycles. The normalized spacial score (nSPS) is 13.8. The van der Waals surface area contributed by atoms with Crippen molar-refractivity contribution in [2.45, 2.75) is 19.3 Å². The highest BCUT2D eigenvalue weighted by Gasteiger charge is 2.24. The average Bonchev–Trinajstić information content (AvgIpc) is 3.25. The lowest BCUT2D eigenvalue weighted by atomic mass is 10.1. The van der Waals surface area contributed by atoms with Gasteiger partial charge in [-0.15, -0.1) is 0 Å². The van der Waals surface area contributed by atoms with Gasteiger partial charge in [0.25, 0.3) is 0 Å². The summed E-state index contributed by atoms with van der Waals surface area (Å²) >= 11 is 6.36. The molecule has 5 rings (SSSR count). The standard InChI is InChI=1S/C23H21ClN6O5/c1-25-23(32)35-16-7-8-17-20(34-11-33-17)19(16)29-21-14(24)10-26-22(30-21)27-13-6-5-12-3-2-4-18(31)28-15(12)9-13/h5-10H,2-4,11H2,1H3,(H,25,32)(H,28,31)(H2,26,27,29,30). The fraction of sp³-hybridized carbons (Fsp3) is 0.217. The summed E-state index contributed by atoms with van der Waals surface area (Å²) in [5.74, 6) is 1.53. The Bertz CT molecular complexity index is 1320. The van der Waals surface area contributed by atoms with Gasteiger partial charge in [-0.2, -0.15) is 4.98 Å². The summed E-state index contributed by atoms with van der Waals surface area (Å²) < 4.78 is 16.3. The van der Waals surface area contributed by atoms with Crippen molar-refractivity contribution in [3.05, 3.63) is 47.1 Å². The number of carbonyl (C=O) groups is 2. The van der Waals surface area contributed by atoms with Crippen LogP contribution in [0.15, 0.2) is 36.5 Å². The van der Waals surface area contributed by atoms with Crippen LogP contribution < -0.4 is 35.5 Å². The molecule has 0 saturated carbocycles. The third-order valence-corrected chi connectivity index (χ3v) is 5.66. The Hall–Kier alpha value is -4.25. The minimum atomic E-state index is -0.654. The maximum Gasteiger partial charge on any atom is 0.412 e. The number of anilines is 5. The van der Waals surface area contributed by atoms with Crippen LogP contribution in [0.2, 0.25) is 5.02 Å². The SMILES string of the molecule is CNC(=O)Oc1ccc2c(c1Nc1nc(Nc3ccc4c(c3)NC(=O)CCC4)ncc1Cl)OCO2. The topological polar surface area (TPSA) is 136 Å². The van der Waals surface area contributed by atoms with E-state index in [9.17, 15) is 9.59 Å². The zero-order valence-corrected chi connectivity index (χ0v) is 19.4. The Kier molecular flexibility index (Phi) is 6.15. The van der Waals surface area contributed by atoms with E-state index in [0.717, 1.165) is 24.1 Å². The van der Waals surface area contributed by atoms with Gasteiger partial charge in [-0.3, -0.25) is 4.79 Å². The first-order valence-electron chi connectivity index (χ1n) is 10.8. The van der Waals surface area contributed by atoms with Crippen LogP contribution in [0, 0.1) is 0 Å². The zero-order valence-electron chi connectivity index (χ0n) is 18.6. The molecule has 35 heavy (non-hydrogen) atoms. The number of amides is 2. The van der Waals surface area contributed by atoms with Crippen LogP contribution in [0.3, 0.4) is 0 Å². The van der Waals surface area contributed by atoms with E-state index < -0.39 is 6.09 Å². The molecule has 0 spiro atoms. The van der Waals surface area contributed by atoms with Gasteiger partial charge >= 0.3 is 6.09 Å². The molecule has 11 nitrogen and oxygen atoms in total. The Morgan fingerprint density at radius 2 is 2.06 bits per heavy atom. The van der Waals surface area contributed by atoms with Gasteiger partial charge in [0, 0.05) is 24.8 Å². The smallest absolute Gasteiger partial charge is 0.412 e. The van der Waals surface area contributed by atoms with Crippen molar-refractivity contribution in [3.63, 3.8) is 0 Å². The van der Waals surface area contributed by atoms with Crippen LogP contribution in [0.5, 0.6) is 17.2 Å². The number of fused-ring (bicyclic) bond motifs is 2. The Labute approximate surface area is 205 Å².